The van der Waals surface area contributed by atoms with Gasteiger partial charge in [0.25, 0.3) is 0 Å². The zero-order chi connectivity index (χ0) is 24.4. The number of fused-ring (bicyclic) bond motifs is 3. The molecule has 0 saturated heterocycles. The molecule has 35 heavy (non-hydrogen) atoms. The van der Waals surface area contributed by atoms with Gasteiger partial charge in [-0.1, -0.05) is 103 Å². The molecule has 2 amide bonds. The average Bonchev–Trinajstić information content (AvgIpc) is 3.23. The van der Waals surface area contributed by atoms with Crippen LogP contribution in [0.25, 0.3) is 11.1 Å². The smallest absolute Gasteiger partial charge is 0.240 e. The summed E-state index contributed by atoms with van der Waals surface area (Å²) >= 11 is 0. The Morgan fingerprint density at radius 3 is 1.77 bits per heavy atom. The van der Waals surface area contributed by atoms with Crippen LogP contribution in [0.4, 0.5) is 0 Å². The Kier molecular flexibility index (Phi) is 5.98. The molecule has 1 aliphatic rings. The zero-order valence-electron chi connectivity index (χ0n) is 19.0. The van der Waals surface area contributed by atoms with Gasteiger partial charge in [0.1, 0.15) is 6.04 Å². The standard InChI is InChI=1S/C30H24N2O3/c31-29(34)26(18-19-14-16-21(17-15-19)28(33)20-8-2-1-3-9-20)32-30(35)27-24-12-6-4-10-22(24)23-11-5-7-13-25(23)27/h1-17,26-27H,18H2,(H2,31,34)(H,32,35)/t26-/m0/s1. The molecule has 1 atom stereocenters. The second kappa shape index (κ2) is 9.39. The summed E-state index contributed by atoms with van der Waals surface area (Å²) in [6.07, 6.45) is 0.233. The Labute approximate surface area is 203 Å². The van der Waals surface area contributed by atoms with Crippen molar-refractivity contribution in [3.63, 3.8) is 0 Å². The fraction of sp³-hybridized carbons (Fsp3) is 0.100. The molecule has 1 aliphatic carbocycles. The highest BCUT2D eigenvalue weighted by Gasteiger charge is 2.35. The highest BCUT2D eigenvalue weighted by Crippen LogP contribution is 2.44. The lowest BCUT2D eigenvalue weighted by Crippen LogP contribution is -2.47. The molecule has 0 aromatic heterocycles. The van der Waals surface area contributed by atoms with Gasteiger partial charge in [0.15, 0.2) is 5.78 Å². The van der Waals surface area contributed by atoms with Crippen molar-refractivity contribution in [2.45, 2.75) is 18.4 Å². The number of benzene rings is 4. The molecular weight excluding hydrogens is 436 g/mol. The van der Waals surface area contributed by atoms with Gasteiger partial charge in [0.05, 0.1) is 5.92 Å². The molecule has 172 valence electrons. The van der Waals surface area contributed by atoms with Crippen LogP contribution in [-0.4, -0.2) is 23.6 Å². The number of hydrogen-bond acceptors (Lipinski definition) is 3. The quantitative estimate of drug-likeness (QED) is 0.404. The molecule has 0 unspecified atom stereocenters. The van der Waals surface area contributed by atoms with Gasteiger partial charge in [-0.2, -0.15) is 0 Å². The molecule has 4 aromatic carbocycles. The SMILES string of the molecule is NC(=O)[C@H](Cc1ccc(C(=O)c2ccccc2)cc1)NC(=O)C1c2ccccc2-c2ccccc21. The van der Waals surface area contributed by atoms with Gasteiger partial charge in [-0.3, -0.25) is 14.4 Å². The van der Waals surface area contributed by atoms with Crippen LogP contribution in [0.1, 0.15) is 38.5 Å². The number of carbonyl (C=O) groups is 3. The van der Waals surface area contributed by atoms with Gasteiger partial charge in [0.2, 0.25) is 11.8 Å². The number of nitrogens with two attached hydrogens (primary N) is 1. The predicted molar refractivity (Wildman–Crippen MR) is 135 cm³/mol. The third-order valence-electron chi connectivity index (χ3n) is 6.45. The molecule has 0 spiro atoms. The van der Waals surface area contributed by atoms with Crippen molar-refractivity contribution in [2.24, 2.45) is 5.73 Å². The fourth-order valence-corrected chi connectivity index (χ4v) is 4.70. The molecule has 5 heteroatoms. The van der Waals surface area contributed by atoms with E-state index in [1.807, 2.05) is 66.7 Å². The molecule has 3 N–H and O–H groups in total. The third kappa shape index (κ3) is 4.36. The second-order valence-corrected chi connectivity index (χ2v) is 8.67. The highest BCUT2D eigenvalue weighted by atomic mass is 16.2. The summed E-state index contributed by atoms with van der Waals surface area (Å²) < 4.78 is 0. The minimum atomic E-state index is -0.877. The van der Waals surface area contributed by atoms with Crippen molar-refractivity contribution >= 4 is 17.6 Å². The Bertz CT molecular complexity index is 1370. The summed E-state index contributed by atoms with van der Waals surface area (Å²) in [5.41, 5.74) is 11.5. The maximum Gasteiger partial charge on any atom is 0.240 e. The zero-order valence-corrected chi connectivity index (χ0v) is 19.0. The largest absolute Gasteiger partial charge is 0.368 e. The molecular formula is C30H24N2O3. The monoisotopic (exact) mass is 460 g/mol. The van der Waals surface area contributed by atoms with E-state index in [0.717, 1.165) is 27.8 Å². The van der Waals surface area contributed by atoms with E-state index in [0.29, 0.717) is 11.1 Å². The molecule has 0 bridgehead atoms. The number of hydrogen-bond donors (Lipinski definition) is 2. The first-order valence-electron chi connectivity index (χ1n) is 11.5. The van der Waals surface area contributed by atoms with Crippen LogP contribution >= 0.6 is 0 Å². The number of ketones is 1. The van der Waals surface area contributed by atoms with Crippen molar-refractivity contribution in [1.82, 2.24) is 5.32 Å². The fourth-order valence-electron chi connectivity index (χ4n) is 4.70. The molecule has 0 radical (unpaired) electrons. The first-order chi connectivity index (χ1) is 17.0. The van der Waals surface area contributed by atoms with Crippen LogP contribution in [0.3, 0.4) is 0 Å². The summed E-state index contributed by atoms with van der Waals surface area (Å²) in [4.78, 5) is 38.3. The number of amides is 2. The first kappa shape index (κ1) is 22.3. The van der Waals surface area contributed by atoms with E-state index >= 15 is 0 Å². The molecule has 0 fully saturated rings. The summed E-state index contributed by atoms with van der Waals surface area (Å²) in [7, 11) is 0. The lowest BCUT2D eigenvalue weighted by Gasteiger charge is -2.20. The summed E-state index contributed by atoms with van der Waals surface area (Å²) in [5.74, 6) is -1.45. The lowest BCUT2D eigenvalue weighted by atomic mass is 9.95. The van der Waals surface area contributed by atoms with E-state index in [9.17, 15) is 14.4 Å². The van der Waals surface area contributed by atoms with E-state index in [4.69, 9.17) is 5.73 Å². The van der Waals surface area contributed by atoms with E-state index in [2.05, 4.69) is 5.32 Å². The Morgan fingerprint density at radius 2 is 1.20 bits per heavy atom. The van der Waals surface area contributed by atoms with Crippen LogP contribution in [0, 0.1) is 0 Å². The van der Waals surface area contributed by atoms with Crippen molar-refractivity contribution in [3.8, 4) is 11.1 Å². The molecule has 5 nitrogen and oxygen atoms in total. The van der Waals surface area contributed by atoms with Crippen molar-refractivity contribution in [1.29, 1.82) is 0 Å². The lowest BCUT2D eigenvalue weighted by molar-refractivity contribution is -0.127. The van der Waals surface area contributed by atoms with E-state index in [1.165, 1.54) is 0 Å². The van der Waals surface area contributed by atoms with Crippen LogP contribution < -0.4 is 11.1 Å². The molecule has 0 aliphatic heterocycles. The normalized spacial score (nSPS) is 12.9. The van der Waals surface area contributed by atoms with Gasteiger partial charge in [-0.15, -0.1) is 0 Å². The Balaban J connectivity index is 1.34. The van der Waals surface area contributed by atoms with Gasteiger partial charge in [-0.25, -0.2) is 0 Å². The minimum Gasteiger partial charge on any atom is -0.368 e. The van der Waals surface area contributed by atoms with Crippen molar-refractivity contribution in [3.05, 3.63) is 131 Å². The van der Waals surface area contributed by atoms with Gasteiger partial charge >= 0.3 is 0 Å². The van der Waals surface area contributed by atoms with Crippen LogP contribution in [0.5, 0.6) is 0 Å². The second-order valence-electron chi connectivity index (χ2n) is 8.67. The average molecular weight is 461 g/mol. The molecule has 4 aromatic rings. The van der Waals surface area contributed by atoms with Gasteiger partial charge in [-0.05, 0) is 27.8 Å². The van der Waals surface area contributed by atoms with E-state index < -0.39 is 17.9 Å². The molecule has 0 saturated carbocycles. The molecule has 5 rings (SSSR count). The highest BCUT2D eigenvalue weighted by molar-refractivity contribution is 6.09. The summed E-state index contributed by atoms with van der Waals surface area (Å²) in [5, 5.41) is 2.87. The maximum absolute atomic E-state index is 13.4. The number of primary amides is 1. The number of nitrogens with one attached hydrogen (secondary N) is 1. The van der Waals surface area contributed by atoms with Crippen LogP contribution in [0.2, 0.25) is 0 Å². The predicted octanol–water partition coefficient (Wildman–Crippen LogP) is 4.24. The summed E-state index contributed by atoms with van der Waals surface area (Å²) in [6.45, 7) is 0. The molecule has 0 heterocycles. The van der Waals surface area contributed by atoms with Gasteiger partial charge < -0.3 is 11.1 Å². The minimum absolute atomic E-state index is 0.0736. The number of rotatable bonds is 7. The number of carbonyl (C=O) groups excluding carboxylic acids is 3. The first-order valence-corrected chi connectivity index (χ1v) is 11.5. The van der Waals surface area contributed by atoms with Gasteiger partial charge in [0, 0.05) is 17.5 Å². The van der Waals surface area contributed by atoms with E-state index in [-0.39, 0.29) is 18.1 Å². The van der Waals surface area contributed by atoms with Crippen molar-refractivity contribution < 1.29 is 14.4 Å². The topological polar surface area (TPSA) is 89.3 Å². The van der Waals surface area contributed by atoms with E-state index in [1.54, 1.807) is 36.4 Å². The van der Waals surface area contributed by atoms with Crippen LogP contribution in [0.15, 0.2) is 103 Å². The summed E-state index contributed by atoms with van der Waals surface area (Å²) in [6, 6.07) is 30.8. The maximum atomic E-state index is 13.4. The Morgan fingerprint density at radius 1 is 0.686 bits per heavy atom. The Hall–Kier alpha value is -4.51. The van der Waals surface area contributed by atoms with Crippen LogP contribution in [-0.2, 0) is 16.0 Å². The van der Waals surface area contributed by atoms with Crippen molar-refractivity contribution in [2.75, 3.05) is 0 Å². The third-order valence-corrected chi connectivity index (χ3v) is 6.45.